The minimum atomic E-state index is 0.152. The molecule has 0 aliphatic carbocycles. The molecule has 0 saturated carbocycles. The summed E-state index contributed by atoms with van der Waals surface area (Å²) in [4.78, 5) is 4.48. The molecule has 2 aromatic heterocycles. The molecule has 0 aliphatic heterocycles. The highest BCUT2D eigenvalue weighted by Gasteiger charge is 2.16. The molecule has 0 amide bonds. The molecular formula is C11H17N5S. The van der Waals surface area contributed by atoms with Crippen LogP contribution in [0.3, 0.4) is 0 Å². The van der Waals surface area contributed by atoms with Crippen molar-refractivity contribution in [3.05, 3.63) is 28.2 Å². The molecule has 2 aromatic rings. The van der Waals surface area contributed by atoms with Gasteiger partial charge >= 0.3 is 0 Å². The van der Waals surface area contributed by atoms with Crippen molar-refractivity contribution >= 4 is 11.3 Å². The molecule has 0 fully saturated rings. The van der Waals surface area contributed by atoms with Gasteiger partial charge in [0.05, 0.1) is 16.7 Å². The molecule has 17 heavy (non-hydrogen) atoms. The van der Waals surface area contributed by atoms with Crippen molar-refractivity contribution in [2.45, 2.75) is 32.9 Å². The van der Waals surface area contributed by atoms with Crippen molar-refractivity contribution in [1.82, 2.24) is 25.1 Å². The van der Waals surface area contributed by atoms with Gasteiger partial charge in [0.1, 0.15) is 12.2 Å². The molecule has 1 N–H and O–H groups in total. The van der Waals surface area contributed by atoms with Crippen molar-refractivity contribution in [2.24, 2.45) is 7.05 Å². The van der Waals surface area contributed by atoms with Crippen molar-refractivity contribution in [2.75, 3.05) is 0 Å². The number of rotatable bonds is 4. The molecule has 5 nitrogen and oxygen atoms in total. The molecule has 2 rings (SSSR count). The largest absolute Gasteiger partial charge is 0.319 e. The number of thiazole rings is 1. The molecular weight excluding hydrogens is 234 g/mol. The summed E-state index contributed by atoms with van der Waals surface area (Å²) in [6.45, 7) is 6.22. The van der Waals surface area contributed by atoms with E-state index in [0.29, 0.717) is 0 Å². The third kappa shape index (κ3) is 2.70. The summed E-state index contributed by atoms with van der Waals surface area (Å²) in [5.74, 6) is 0.934. The fraction of sp³-hybridized carbons (Fsp3) is 0.545. The van der Waals surface area contributed by atoms with E-state index in [1.165, 1.54) is 0 Å². The second-order valence-electron chi connectivity index (χ2n) is 4.20. The van der Waals surface area contributed by atoms with E-state index in [0.717, 1.165) is 16.5 Å². The molecule has 2 atom stereocenters. The van der Waals surface area contributed by atoms with Gasteiger partial charge in [0.15, 0.2) is 0 Å². The zero-order chi connectivity index (χ0) is 12.4. The Hall–Kier alpha value is -1.27. The number of aryl methyl sites for hydroxylation is 2. The van der Waals surface area contributed by atoms with Crippen LogP contribution in [0.5, 0.6) is 0 Å². The van der Waals surface area contributed by atoms with E-state index in [-0.39, 0.29) is 12.1 Å². The minimum absolute atomic E-state index is 0.152. The number of hydrogen-bond acceptors (Lipinski definition) is 5. The third-order valence-electron chi connectivity index (χ3n) is 2.71. The number of aromatic nitrogens is 4. The van der Waals surface area contributed by atoms with Gasteiger partial charge in [-0.1, -0.05) is 0 Å². The molecule has 0 aromatic carbocycles. The lowest BCUT2D eigenvalue weighted by Crippen LogP contribution is -2.24. The Bertz CT molecular complexity index is 490. The molecule has 0 aliphatic rings. The van der Waals surface area contributed by atoms with Crippen LogP contribution in [0.4, 0.5) is 0 Å². The van der Waals surface area contributed by atoms with Gasteiger partial charge in [0.25, 0.3) is 0 Å². The summed E-state index contributed by atoms with van der Waals surface area (Å²) in [7, 11) is 1.95. The van der Waals surface area contributed by atoms with E-state index in [1.54, 1.807) is 17.7 Å². The Morgan fingerprint density at radius 3 is 2.65 bits per heavy atom. The second-order valence-corrected chi connectivity index (χ2v) is 5.26. The molecule has 0 radical (unpaired) electrons. The summed E-state index contributed by atoms with van der Waals surface area (Å²) in [6.07, 6.45) is 1.71. The van der Waals surface area contributed by atoms with Crippen LogP contribution in [-0.4, -0.2) is 19.7 Å². The fourth-order valence-electron chi connectivity index (χ4n) is 1.80. The first-order chi connectivity index (χ1) is 8.08. The standard InChI is InChI=1S/C11H17N5S/c1-7(10-5-17-9(3)14-10)13-8(2)11-15-12-6-16(11)4/h5-8,13H,1-4H3. The van der Waals surface area contributed by atoms with Gasteiger partial charge in [0.2, 0.25) is 0 Å². The van der Waals surface area contributed by atoms with Gasteiger partial charge in [-0.05, 0) is 20.8 Å². The average molecular weight is 251 g/mol. The molecule has 0 spiro atoms. The SMILES string of the molecule is Cc1nc(C(C)NC(C)c2nncn2C)cs1. The highest BCUT2D eigenvalue weighted by atomic mass is 32.1. The monoisotopic (exact) mass is 251 g/mol. The quantitative estimate of drug-likeness (QED) is 0.903. The summed E-state index contributed by atoms with van der Waals surface area (Å²) in [5.41, 5.74) is 1.08. The van der Waals surface area contributed by atoms with Crippen molar-refractivity contribution < 1.29 is 0 Å². The Labute approximate surface area is 105 Å². The van der Waals surface area contributed by atoms with Gasteiger partial charge in [-0.3, -0.25) is 5.32 Å². The Morgan fingerprint density at radius 2 is 2.12 bits per heavy atom. The second kappa shape index (κ2) is 4.93. The number of hydrogen-bond donors (Lipinski definition) is 1. The Kier molecular flexibility index (Phi) is 3.54. The smallest absolute Gasteiger partial charge is 0.149 e. The van der Waals surface area contributed by atoms with Gasteiger partial charge in [-0.25, -0.2) is 4.98 Å². The topological polar surface area (TPSA) is 55.6 Å². The molecule has 6 heteroatoms. The predicted octanol–water partition coefficient (Wildman–Crippen LogP) is 1.99. The summed E-state index contributed by atoms with van der Waals surface area (Å²) >= 11 is 1.68. The Morgan fingerprint density at radius 1 is 1.35 bits per heavy atom. The molecule has 0 bridgehead atoms. The lowest BCUT2D eigenvalue weighted by molar-refractivity contribution is 0.460. The van der Waals surface area contributed by atoms with E-state index in [2.05, 4.69) is 39.7 Å². The van der Waals surface area contributed by atoms with Crippen LogP contribution >= 0.6 is 11.3 Å². The van der Waals surface area contributed by atoms with Crippen LogP contribution in [0.2, 0.25) is 0 Å². The van der Waals surface area contributed by atoms with E-state index in [1.807, 2.05) is 18.5 Å². The van der Waals surface area contributed by atoms with Crippen molar-refractivity contribution in [3.63, 3.8) is 0 Å². The fourth-order valence-corrected chi connectivity index (χ4v) is 2.50. The first-order valence-electron chi connectivity index (χ1n) is 5.60. The molecule has 2 heterocycles. The van der Waals surface area contributed by atoms with Gasteiger partial charge in [-0.2, -0.15) is 0 Å². The molecule has 92 valence electrons. The zero-order valence-corrected chi connectivity index (χ0v) is 11.3. The van der Waals surface area contributed by atoms with Crippen molar-refractivity contribution in [1.29, 1.82) is 0 Å². The maximum Gasteiger partial charge on any atom is 0.149 e. The lowest BCUT2D eigenvalue weighted by Gasteiger charge is -2.17. The van der Waals surface area contributed by atoms with Crippen LogP contribution in [0.1, 0.15) is 42.5 Å². The summed E-state index contributed by atoms with van der Waals surface area (Å²) in [6, 6.07) is 0.367. The summed E-state index contributed by atoms with van der Waals surface area (Å²) in [5, 5.41) is 14.7. The maximum atomic E-state index is 4.48. The first kappa shape index (κ1) is 12.2. The van der Waals surface area contributed by atoms with Gasteiger partial charge in [0, 0.05) is 18.5 Å². The van der Waals surface area contributed by atoms with Crippen LogP contribution in [0.25, 0.3) is 0 Å². The highest BCUT2D eigenvalue weighted by molar-refractivity contribution is 7.09. The first-order valence-corrected chi connectivity index (χ1v) is 6.48. The number of nitrogens with zero attached hydrogens (tertiary/aromatic N) is 4. The average Bonchev–Trinajstić information content (AvgIpc) is 2.86. The van der Waals surface area contributed by atoms with Crippen LogP contribution in [0.15, 0.2) is 11.7 Å². The third-order valence-corrected chi connectivity index (χ3v) is 3.51. The van der Waals surface area contributed by atoms with E-state index >= 15 is 0 Å². The Balaban J connectivity index is 2.04. The van der Waals surface area contributed by atoms with E-state index in [9.17, 15) is 0 Å². The van der Waals surface area contributed by atoms with Crippen LogP contribution in [-0.2, 0) is 7.05 Å². The van der Waals surface area contributed by atoms with Crippen LogP contribution < -0.4 is 5.32 Å². The predicted molar refractivity (Wildman–Crippen MR) is 67.8 cm³/mol. The molecule has 0 saturated heterocycles. The number of nitrogens with one attached hydrogen (secondary N) is 1. The summed E-state index contributed by atoms with van der Waals surface area (Å²) < 4.78 is 1.93. The zero-order valence-electron chi connectivity index (χ0n) is 10.5. The van der Waals surface area contributed by atoms with Crippen LogP contribution in [0, 0.1) is 6.92 Å². The van der Waals surface area contributed by atoms with Gasteiger partial charge in [-0.15, -0.1) is 21.5 Å². The highest BCUT2D eigenvalue weighted by Crippen LogP contribution is 2.19. The maximum absolute atomic E-state index is 4.48. The lowest BCUT2D eigenvalue weighted by atomic mass is 10.2. The van der Waals surface area contributed by atoms with Gasteiger partial charge < -0.3 is 4.57 Å². The van der Waals surface area contributed by atoms with E-state index < -0.39 is 0 Å². The normalized spacial score (nSPS) is 14.8. The van der Waals surface area contributed by atoms with E-state index in [4.69, 9.17) is 0 Å². The minimum Gasteiger partial charge on any atom is -0.319 e. The van der Waals surface area contributed by atoms with Crippen molar-refractivity contribution in [3.8, 4) is 0 Å². The molecule has 2 unspecified atom stereocenters.